The van der Waals surface area contributed by atoms with Gasteiger partial charge >= 0.3 is 5.97 Å². The van der Waals surface area contributed by atoms with Crippen LogP contribution in [0.4, 0.5) is 5.69 Å². The average Bonchev–Trinajstić information content (AvgIpc) is 2.35. The second kappa shape index (κ2) is 7.51. The molecule has 5 heteroatoms. The lowest BCUT2D eigenvalue weighted by Gasteiger charge is -2.06. The number of carbonyl (C=O) groups is 1. The number of nitrogens with zero attached hydrogens (tertiary/aromatic N) is 1. The van der Waals surface area contributed by atoms with Crippen molar-refractivity contribution < 1.29 is 9.53 Å². The van der Waals surface area contributed by atoms with E-state index in [0.717, 1.165) is 10.2 Å². The van der Waals surface area contributed by atoms with E-state index >= 15 is 0 Å². The highest BCUT2D eigenvalue weighted by atomic mass is 79.9. The fraction of sp³-hybridized carbons (Fsp3) is 0.231. The molecule has 1 aromatic rings. The van der Waals surface area contributed by atoms with Crippen molar-refractivity contribution in [1.82, 2.24) is 0 Å². The van der Waals surface area contributed by atoms with Crippen molar-refractivity contribution in [2.45, 2.75) is 6.92 Å². The Kier molecular flexibility index (Phi) is 5.95. The minimum absolute atomic E-state index is 0.362. The predicted octanol–water partition coefficient (Wildman–Crippen LogP) is 2.85. The minimum Gasteiger partial charge on any atom is -0.463 e. The van der Waals surface area contributed by atoms with E-state index in [2.05, 4.69) is 27.3 Å². The molecular formula is C13H13BrN2O2. The first-order valence-electron chi connectivity index (χ1n) is 5.44. The van der Waals surface area contributed by atoms with Crippen LogP contribution < -0.4 is 5.32 Å². The van der Waals surface area contributed by atoms with Crippen LogP contribution in [0.5, 0.6) is 0 Å². The second-order valence-electron chi connectivity index (χ2n) is 3.34. The van der Waals surface area contributed by atoms with Crippen LogP contribution in [-0.4, -0.2) is 19.1 Å². The standard InChI is InChI=1S/C13H13BrN2O2/c1-2-18-13(17)4-3-7-16-12-8-11(14)6-5-10(12)9-15/h3-6,8,16H,2,7H2,1H3/b4-3+. The molecule has 0 aliphatic heterocycles. The number of benzene rings is 1. The van der Waals surface area contributed by atoms with Gasteiger partial charge in [0.05, 0.1) is 17.9 Å². The molecule has 0 radical (unpaired) electrons. The first kappa shape index (κ1) is 14.3. The molecule has 0 aromatic heterocycles. The number of esters is 1. The fourth-order valence-corrected chi connectivity index (χ4v) is 1.64. The first-order chi connectivity index (χ1) is 8.67. The molecule has 0 unspecified atom stereocenters. The summed E-state index contributed by atoms with van der Waals surface area (Å²) in [7, 11) is 0. The maximum atomic E-state index is 11.0. The Morgan fingerprint density at radius 1 is 1.61 bits per heavy atom. The number of rotatable bonds is 5. The SMILES string of the molecule is CCOC(=O)/C=C/CNc1cc(Br)ccc1C#N. The number of hydrogen-bond donors (Lipinski definition) is 1. The van der Waals surface area contributed by atoms with Crippen LogP contribution in [-0.2, 0) is 9.53 Å². The third-order valence-corrected chi connectivity index (χ3v) is 2.55. The van der Waals surface area contributed by atoms with Gasteiger partial charge in [-0.2, -0.15) is 5.26 Å². The molecule has 0 heterocycles. The van der Waals surface area contributed by atoms with Gasteiger partial charge in [-0.05, 0) is 25.1 Å². The smallest absolute Gasteiger partial charge is 0.330 e. The molecule has 1 rings (SSSR count). The maximum Gasteiger partial charge on any atom is 0.330 e. The molecule has 94 valence electrons. The highest BCUT2D eigenvalue weighted by Crippen LogP contribution is 2.20. The quantitative estimate of drug-likeness (QED) is 0.671. The van der Waals surface area contributed by atoms with Crippen molar-refractivity contribution in [2.24, 2.45) is 0 Å². The lowest BCUT2D eigenvalue weighted by Crippen LogP contribution is -2.03. The number of hydrogen-bond acceptors (Lipinski definition) is 4. The summed E-state index contributed by atoms with van der Waals surface area (Å²) in [5.74, 6) is -0.367. The van der Waals surface area contributed by atoms with E-state index in [1.165, 1.54) is 6.08 Å². The summed E-state index contributed by atoms with van der Waals surface area (Å²) in [4.78, 5) is 11.0. The predicted molar refractivity (Wildman–Crippen MR) is 73.1 cm³/mol. The van der Waals surface area contributed by atoms with Crippen molar-refractivity contribution in [3.8, 4) is 6.07 Å². The van der Waals surface area contributed by atoms with Crippen molar-refractivity contribution in [2.75, 3.05) is 18.5 Å². The Morgan fingerprint density at radius 3 is 3.06 bits per heavy atom. The van der Waals surface area contributed by atoms with Crippen molar-refractivity contribution in [3.63, 3.8) is 0 Å². The molecule has 18 heavy (non-hydrogen) atoms. The van der Waals surface area contributed by atoms with Gasteiger partial charge in [-0.1, -0.05) is 22.0 Å². The molecule has 0 amide bonds. The summed E-state index contributed by atoms with van der Waals surface area (Å²) in [6.07, 6.45) is 3.01. The monoisotopic (exact) mass is 308 g/mol. The van der Waals surface area contributed by atoms with E-state index in [4.69, 9.17) is 10.00 Å². The zero-order valence-corrected chi connectivity index (χ0v) is 11.5. The molecule has 0 atom stereocenters. The summed E-state index contributed by atoms with van der Waals surface area (Å²) in [5, 5.41) is 12.0. The average molecular weight is 309 g/mol. The number of nitrogens with one attached hydrogen (secondary N) is 1. The number of carbonyl (C=O) groups excluding carboxylic acids is 1. The Labute approximate surface area is 114 Å². The number of nitriles is 1. The molecule has 0 aliphatic rings. The van der Waals surface area contributed by atoms with Gasteiger partial charge in [0.1, 0.15) is 6.07 Å². The van der Waals surface area contributed by atoms with Gasteiger partial charge in [0.25, 0.3) is 0 Å². The summed E-state index contributed by atoms with van der Waals surface area (Å²) in [6, 6.07) is 7.44. The number of halogens is 1. The lowest BCUT2D eigenvalue weighted by molar-refractivity contribution is -0.137. The van der Waals surface area contributed by atoms with Crippen LogP contribution in [0, 0.1) is 11.3 Å². The Hall–Kier alpha value is -1.80. The third-order valence-electron chi connectivity index (χ3n) is 2.05. The summed E-state index contributed by atoms with van der Waals surface area (Å²) < 4.78 is 5.63. The topological polar surface area (TPSA) is 62.1 Å². The first-order valence-corrected chi connectivity index (χ1v) is 6.23. The van der Waals surface area contributed by atoms with Gasteiger partial charge in [0, 0.05) is 17.1 Å². The fourth-order valence-electron chi connectivity index (χ4n) is 1.27. The van der Waals surface area contributed by atoms with E-state index < -0.39 is 0 Å². The summed E-state index contributed by atoms with van der Waals surface area (Å²) in [6.45, 7) is 2.56. The van der Waals surface area contributed by atoms with E-state index in [0.29, 0.717) is 18.7 Å². The normalized spacial score (nSPS) is 10.1. The molecule has 0 aliphatic carbocycles. The molecule has 0 bridgehead atoms. The van der Waals surface area contributed by atoms with Crippen LogP contribution in [0.2, 0.25) is 0 Å². The zero-order chi connectivity index (χ0) is 13.4. The van der Waals surface area contributed by atoms with E-state index in [9.17, 15) is 4.79 Å². The van der Waals surface area contributed by atoms with Gasteiger partial charge in [0.15, 0.2) is 0 Å². The van der Waals surface area contributed by atoms with E-state index in [-0.39, 0.29) is 5.97 Å². The Balaban J connectivity index is 2.56. The minimum atomic E-state index is -0.367. The Morgan fingerprint density at radius 2 is 2.39 bits per heavy atom. The van der Waals surface area contributed by atoms with Gasteiger partial charge in [0.2, 0.25) is 0 Å². The van der Waals surface area contributed by atoms with Crippen LogP contribution in [0.1, 0.15) is 12.5 Å². The highest BCUT2D eigenvalue weighted by Gasteiger charge is 2.01. The second-order valence-corrected chi connectivity index (χ2v) is 4.25. The molecular weight excluding hydrogens is 296 g/mol. The van der Waals surface area contributed by atoms with Crippen molar-refractivity contribution in [3.05, 3.63) is 40.4 Å². The molecule has 0 spiro atoms. The molecule has 4 nitrogen and oxygen atoms in total. The number of ether oxygens (including phenoxy) is 1. The largest absolute Gasteiger partial charge is 0.463 e. The van der Waals surface area contributed by atoms with Gasteiger partial charge < -0.3 is 10.1 Å². The van der Waals surface area contributed by atoms with Crippen LogP contribution >= 0.6 is 15.9 Å². The highest BCUT2D eigenvalue weighted by molar-refractivity contribution is 9.10. The molecule has 0 saturated heterocycles. The summed E-state index contributed by atoms with van der Waals surface area (Å²) >= 11 is 3.34. The van der Waals surface area contributed by atoms with Crippen molar-refractivity contribution >= 4 is 27.6 Å². The lowest BCUT2D eigenvalue weighted by atomic mass is 10.2. The van der Waals surface area contributed by atoms with Crippen molar-refractivity contribution in [1.29, 1.82) is 5.26 Å². The van der Waals surface area contributed by atoms with Gasteiger partial charge in [-0.3, -0.25) is 0 Å². The molecule has 1 N–H and O–H groups in total. The summed E-state index contributed by atoms with van der Waals surface area (Å²) in [5.41, 5.74) is 1.28. The molecule has 1 aromatic carbocycles. The van der Waals surface area contributed by atoms with Gasteiger partial charge in [-0.15, -0.1) is 0 Å². The zero-order valence-electron chi connectivity index (χ0n) is 9.94. The molecule has 0 fully saturated rings. The third kappa shape index (κ3) is 4.60. The van der Waals surface area contributed by atoms with Crippen LogP contribution in [0.25, 0.3) is 0 Å². The van der Waals surface area contributed by atoms with Crippen LogP contribution in [0.15, 0.2) is 34.8 Å². The van der Waals surface area contributed by atoms with Gasteiger partial charge in [-0.25, -0.2) is 4.79 Å². The van der Waals surface area contributed by atoms with Crippen LogP contribution in [0.3, 0.4) is 0 Å². The molecule has 0 saturated carbocycles. The van der Waals surface area contributed by atoms with E-state index in [1.54, 1.807) is 25.1 Å². The Bertz CT molecular complexity index is 492. The van der Waals surface area contributed by atoms with E-state index in [1.807, 2.05) is 6.07 Å². The maximum absolute atomic E-state index is 11.0. The number of anilines is 1.